The third-order valence-electron chi connectivity index (χ3n) is 1.52. The van der Waals surface area contributed by atoms with Crippen LogP contribution in [0, 0.1) is 0 Å². The summed E-state index contributed by atoms with van der Waals surface area (Å²) in [7, 11) is 0. The van der Waals surface area contributed by atoms with Crippen molar-refractivity contribution in [3.63, 3.8) is 0 Å². The predicted molar refractivity (Wildman–Crippen MR) is 46.0 cm³/mol. The zero-order valence-electron chi connectivity index (χ0n) is 6.85. The van der Waals surface area contributed by atoms with Crippen molar-refractivity contribution in [2.45, 2.75) is 44.4 Å². The molecule has 0 amide bonds. The molecule has 2 nitrogen and oxygen atoms in total. The van der Waals surface area contributed by atoms with E-state index in [1.807, 2.05) is 0 Å². The first-order valence-electron chi connectivity index (χ1n) is 4.02. The SMILES string of the molecule is CCCCCC(Cl)CC(=O)O. The summed E-state index contributed by atoms with van der Waals surface area (Å²) in [6.45, 7) is 2.11. The van der Waals surface area contributed by atoms with E-state index in [9.17, 15) is 4.79 Å². The quantitative estimate of drug-likeness (QED) is 0.502. The Bertz CT molecular complexity index is 115. The lowest BCUT2D eigenvalue weighted by atomic mass is 10.1. The molecule has 66 valence electrons. The average Bonchev–Trinajstić information content (AvgIpc) is 1.86. The number of halogens is 1. The number of carbonyl (C=O) groups is 1. The van der Waals surface area contributed by atoms with Crippen LogP contribution in [0.5, 0.6) is 0 Å². The molecule has 1 unspecified atom stereocenters. The Morgan fingerprint density at radius 2 is 2.18 bits per heavy atom. The zero-order valence-corrected chi connectivity index (χ0v) is 7.60. The summed E-state index contributed by atoms with van der Waals surface area (Å²) in [5.74, 6) is -0.804. The molecule has 0 aliphatic heterocycles. The number of unbranched alkanes of at least 4 members (excludes halogenated alkanes) is 2. The monoisotopic (exact) mass is 178 g/mol. The van der Waals surface area contributed by atoms with Crippen LogP contribution in [0.3, 0.4) is 0 Å². The number of rotatable bonds is 6. The Morgan fingerprint density at radius 1 is 1.55 bits per heavy atom. The largest absolute Gasteiger partial charge is 0.481 e. The Kier molecular flexibility index (Phi) is 6.33. The summed E-state index contributed by atoms with van der Waals surface area (Å²) >= 11 is 5.73. The van der Waals surface area contributed by atoms with Gasteiger partial charge in [-0.3, -0.25) is 4.79 Å². The Balaban J connectivity index is 3.22. The van der Waals surface area contributed by atoms with Crippen molar-refractivity contribution in [1.82, 2.24) is 0 Å². The molecule has 0 aromatic heterocycles. The number of carboxylic acid groups (broad SMARTS) is 1. The maximum Gasteiger partial charge on any atom is 0.304 e. The van der Waals surface area contributed by atoms with Crippen molar-refractivity contribution < 1.29 is 9.90 Å². The highest BCUT2D eigenvalue weighted by Gasteiger charge is 2.08. The molecule has 0 saturated heterocycles. The van der Waals surface area contributed by atoms with Gasteiger partial charge in [-0.1, -0.05) is 26.2 Å². The Hall–Kier alpha value is -0.240. The van der Waals surface area contributed by atoms with Crippen LogP contribution >= 0.6 is 11.6 Å². The molecular formula is C8H15ClO2. The molecule has 0 saturated carbocycles. The van der Waals surface area contributed by atoms with Crippen molar-refractivity contribution in [2.24, 2.45) is 0 Å². The minimum Gasteiger partial charge on any atom is -0.481 e. The predicted octanol–water partition coefficient (Wildman–Crippen LogP) is 2.65. The van der Waals surface area contributed by atoms with Crippen molar-refractivity contribution in [3.05, 3.63) is 0 Å². The van der Waals surface area contributed by atoms with E-state index in [-0.39, 0.29) is 11.8 Å². The van der Waals surface area contributed by atoms with Gasteiger partial charge < -0.3 is 5.11 Å². The molecule has 0 heterocycles. The molecule has 0 spiro atoms. The maximum absolute atomic E-state index is 10.2. The minimum absolute atomic E-state index is 0.0886. The summed E-state index contributed by atoms with van der Waals surface area (Å²) < 4.78 is 0. The molecule has 0 radical (unpaired) electrons. The van der Waals surface area contributed by atoms with E-state index in [2.05, 4.69) is 6.92 Å². The van der Waals surface area contributed by atoms with Gasteiger partial charge in [-0.15, -0.1) is 11.6 Å². The molecule has 1 N–H and O–H groups in total. The van der Waals surface area contributed by atoms with Crippen LogP contribution in [-0.2, 0) is 4.79 Å². The second-order valence-electron chi connectivity index (χ2n) is 2.69. The fourth-order valence-electron chi connectivity index (χ4n) is 0.907. The summed E-state index contributed by atoms with van der Waals surface area (Å²) in [5, 5.41) is 8.17. The zero-order chi connectivity index (χ0) is 8.69. The molecule has 0 aromatic carbocycles. The minimum atomic E-state index is -0.804. The van der Waals surface area contributed by atoms with Gasteiger partial charge in [0.2, 0.25) is 0 Å². The van der Waals surface area contributed by atoms with Crippen LogP contribution in [0.15, 0.2) is 0 Å². The molecule has 0 aromatic rings. The van der Waals surface area contributed by atoms with Gasteiger partial charge in [0.1, 0.15) is 0 Å². The fraction of sp³-hybridized carbons (Fsp3) is 0.875. The molecule has 0 bridgehead atoms. The normalized spacial score (nSPS) is 12.9. The lowest BCUT2D eigenvalue weighted by molar-refractivity contribution is -0.137. The highest BCUT2D eigenvalue weighted by atomic mass is 35.5. The smallest absolute Gasteiger partial charge is 0.304 e. The Morgan fingerprint density at radius 3 is 2.64 bits per heavy atom. The first-order valence-corrected chi connectivity index (χ1v) is 4.46. The number of hydrogen-bond acceptors (Lipinski definition) is 1. The van der Waals surface area contributed by atoms with Gasteiger partial charge in [0.05, 0.1) is 6.42 Å². The molecule has 11 heavy (non-hydrogen) atoms. The maximum atomic E-state index is 10.2. The van der Waals surface area contributed by atoms with E-state index in [1.165, 1.54) is 0 Å². The number of carboxylic acids is 1. The molecule has 0 aliphatic rings. The lowest BCUT2D eigenvalue weighted by Crippen LogP contribution is -2.06. The van der Waals surface area contributed by atoms with Crippen molar-refractivity contribution in [2.75, 3.05) is 0 Å². The highest BCUT2D eigenvalue weighted by molar-refractivity contribution is 6.21. The summed E-state index contributed by atoms with van der Waals surface area (Å²) in [6.07, 6.45) is 4.24. The molecule has 0 fully saturated rings. The number of alkyl halides is 1. The number of hydrogen-bond donors (Lipinski definition) is 1. The van der Waals surface area contributed by atoms with Gasteiger partial charge in [-0.05, 0) is 6.42 Å². The first kappa shape index (κ1) is 10.8. The second kappa shape index (κ2) is 6.47. The summed E-state index contributed by atoms with van der Waals surface area (Å²) in [6, 6.07) is 0. The molecular weight excluding hydrogens is 164 g/mol. The van der Waals surface area contributed by atoms with Crippen molar-refractivity contribution in [3.8, 4) is 0 Å². The summed E-state index contributed by atoms with van der Waals surface area (Å²) in [5.41, 5.74) is 0. The average molecular weight is 179 g/mol. The van der Waals surface area contributed by atoms with Crippen molar-refractivity contribution >= 4 is 17.6 Å². The van der Waals surface area contributed by atoms with Gasteiger partial charge in [0, 0.05) is 5.38 Å². The third-order valence-corrected chi connectivity index (χ3v) is 1.89. The Labute approximate surface area is 72.6 Å². The van der Waals surface area contributed by atoms with E-state index in [0.29, 0.717) is 0 Å². The first-order chi connectivity index (χ1) is 5.16. The van der Waals surface area contributed by atoms with Gasteiger partial charge in [0.25, 0.3) is 0 Å². The molecule has 1 atom stereocenters. The lowest BCUT2D eigenvalue weighted by Gasteiger charge is -2.04. The topological polar surface area (TPSA) is 37.3 Å². The van der Waals surface area contributed by atoms with Gasteiger partial charge >= 0.3 is 5.97 Å². The fourth-order valence-corrected chi connectivity index (χ4v) is 1.19. The molecule has 0 rings (SSSR count). The van der Waals surface area contributed by atoms with Crippen LogP contribution in [0.2, 0.25) is 0 Å². The molecule has 3 heteroatoms. The van der Waals surface area contributed by atoms with Gasteiger partial charge in [-0.25, -0.2) is 0 Å². The molecule has 0 aliphatic carbocycles. The van der Waals surface area contributed by atoms with E-state index in [4.69, 9.17) is 16.7 Å². The third kappa shape index (κ3) is 7.66. The number of aliphatic carboxylic acids is 1. The van der Waals surface area contributed by atoms with Gasteiger partial charge in [-0.2, -0.15) is 0 Å². The van der Waals surface area contributed by atoms with Crippen LogP contribution in [0.25, 0.3) is 0 Å². The van der Waals surface area contributed by atoms with Crippen LogP contribution in [0.4, 0.5) is 0 Å². The van der Waals surface area contributed by atoms with Crippen LogP contribution < -0.4 is 0 Å². The van der Waals surface area contributed by atoms with E-state index >= 15 is 0 Å². The van der Waals surface area contributed by atoms with E-state index in [0.717, 1.165) is 25.7 Å². The second-order valence-corrected chi connectivity index (χ2v) is 3.31. The van der Waals surface area contributed by atoms with Crippen LogP contribution in [0.1, 0.15) is 39.0 Å². The van der Waals surface area contributed by atoms with E-state index < -0.39 is 5.97 Å². The highest BCUT2D eigenvalue weighted by Crippen LogP contribution is 2.12. The standard InChI is InChI=1S/C8H15ClO2/c1-2-3-4-5-7(9)6-8(10)11/h7H,2-6H2,1H3,(H,10,11). The van der Waals surface area contributed by atoms with Crippen LogP contribution in [-0.4, -0.2) is 16.5 Å². The van der Waals surface area contributed by atoms with E-state index in [1.54, 1.807) is 0 Å². The summed E-state index contributed by atoms with van der Waals surface area (Å²) in [4.78, 5) is 10.2. The van der Waals surface area contributed by atoms with Crippen molar-refractivity contribution in [1.29, 1.82) is 0 Å². The van der Waals surface area contributed by atoms with Gasteiger partial charge in [0.15, 0.2) is 0 Å².